The summed E-state index contributed by atoms with van der Waals surface area (Å²) in [6.07, 6.45) is 3.59. The van der Waals surface area contributed by atoms with E-state index in [4.69, 9.17) is 4.74 Å². The van der Waals surface area contributed by atoms with Crippen LogP contribution in [0.3, 0.4) is 0 Å². The van der Waals surface area contributed by atoms with E-state index >= 15 is 0 Å². The molecule has 140 valence electrons. The molecule has 0 atom stereocenters. The van der Waals surface area contributed by atoms with Gasteiger partial charge in [0.2, 0.25) is 0 Å². The minimum atomic E-state index is -0.427. The molecule has 3 heterocycles. The summed E-state index contributed by atoms with van der Waals surface area (Å²) in [5.41, 5.74) is 1.93. The van der Waals surface area contributed by atoms with Crippen LogP contribution in [0, 0.1) is 6.92 Å². The second kappa shape index (κ2) is 7.69. The van der Waals surface area contributed by atoms with E-state index in [0.717, 1.165) is 31.6 Å². The van der Waals surface area contributed by atoms with Crippen LogP contribution in [0.2, 0.25) is 0 Å². The summed E-state index contributed by atoms with van der Waals surface area (Å²) < 4.78 is 8.45. The maximum atomic E-state index is 12.6. The van der Waals surface area contributed by atoms with E-state index < -0.39 is 5.97 Å². The van der Waals surface area contributed by atoms with Gasteiger partial charge in [0.05, 0.1) is 24.0 Å². The van der Waals surface area contributed by atoms with Gasteiger partial charge in [-0.2, -0.15) is 0 Å². The molecular formula is C17H24N6O3. The highest BCUT2D eigenvalue weighted by Gasteiger charge is 2.23. The number of carbonyl (C=O) groups is 2. The lowest BCUT2D eigenvalue weighted by atomic mass is 10.1. The summed E-state index contributed by atoms with van der Waals surface area (Å²) in [5.74, 6) is -0.771. The van der Waals surface area contributed by atoms with Crippen molar-refractivity contribution in [3.8, 4) is 0 Å². The van der Waals surface area contributed by atoms with E-state index in [1.54, 1.807) is 30.8 Å². The molecule has 9 nitrogen and oxygen atoms in total. The summed E-state index contributed by atoms with van der Waals surface area (Å²) >= 11 is 0. The minimum Gasteiger partial charge on any atom is -0.461 e. The predicted molar refractivity (Wildman–Crippen MR) is 95.2 cm³/mol. The van der Waals surface area contributed by atoms with Crippen molar-refractivity contribution in [1.82, 2.24) is 24.9 Å². The van der Waals surface area contributed by atoms with E-state index in [1.807, 2.05) is 11.6 Å². The van der Waals surface area contributed by atoms with Crippen molar-refractivity contribution in [1.29, 1.82) is 0 Å². The molecule has 26 heavy (non-hydrogen) atoms. The molecule has 2 N–H and O–H groups in total. The van der Waals surface area contributed by atoms with Gasteiger partial charge in [-0.1, -0.05) is 5.21 Å². The second-order valence-corrected chi connectivity index (χ2v) is 6.35. The van der Waals surface area contributed by atoms with Crippen LogP contribution in [0.15, 0.2) is 12.3 Å². The fourth-order valence-corrected chi connectivity index (χ4v) is 3.18. The zero-order valence-corrected chi connectivity index (χ0v) is 15.3. The third-order valence-electron chi connectivity index (χ3n) is 4.54. The van der Waals surface area contributed by atoms with Crippen LogP contribution >= 0.6 is 0 Å². The van der Waals surface area contributed by atoms with Crippen LogP contribution in [0.1, 0.15) is 52.5 Å². The van der Waals surface area contributed by atoms with Crippen molar-refractivity contribution in [2.75, 3.05) is 25.0 Å². The second-order valence-electron chi connectivity index (χ2n) is 6.35. The molecule has 0 spiro atoms. The molecule has 0 aliphatic carbocycles. The first-order chi connectivity index (χ1) is 12.5. The average molecular weight is 360 g/mol. The zero-order valence-electron chi connectivity index (χ0n) is 15.3. The van der Waals surface area contributed by atoms with Gasteiger partial charge in [-0.25, -0.2) is 9.48 Å². The van der Waals surface area contributed by atoms with Crippen LogP contribution in [0.5, 0.6) is 0 Å². The van der Waals surface area contributed by atoms with Crippen LogP contribution in [-0.2, 0) is 11.8 Å². The highest BCUT2D eigenvalue weighted by molar-refractivity contribution is 6.04. The van der Waals surface area contributed by atoms with Crippen molar-refractivity contribution in [3.63, 3.8) is 0 Å². The first kappa shape index (κ1) is 18.1. The standard InChI is InChI=1S/C17H24N6O3/c1-4-26-17(25)14-9-12(10-22(14)3)19-16(24)15-11(2)23(21-20-15)13-5-7-18-8-6-13/h9-10,13,18H,4-8H2,1-3H3,(H,19,24). The number of nitrogens with one attached hydrogen (secondary N) is 2. The number of carbonyl (C=O) groups excluding carboxylic acids is 2. The number of piperidine rings is 1. The Morgan fingerprint density at radius 3 is 2.81 bits per heavy atom. The Bertz CT molecular complexity index is 804. The van der Waals surface area contributed by atoms with Gasteiger partial charge in [0, 0.05) is 13.2 Å². The molecule has 2 aromatic heterocycles. The molecule has 9 heteroatoms. The SMILES string of the molecule is CCOC(=O)c1cc(NC(=O)c2nnn(C3CCNCC3)c2C)cn1C. The lowest BCUT2D eigenvalue weighted by molar-refractivity contribution is 0.0515. The fraction of sp³-hybridized carbons (Fsp3) is 0.529. The summed E-state index contributed by atoms with van der Waals surface area (Å²) in [5, 5.41) is 14.3. The molecule has 0 aromatic carbocycles. The van der Waals surface area contributed by atoms with E-state index in [0.29, 0.717) is 23.7 Å². The number of aryl methyl sites for hydroxylation is 1. The molecule has 2 aromatic rings. The first-order valence-corrected chi connectivity index (χ1v) is 8.78. The number of rotatable bonds is 5. The van der Waals surface area contributed by atoms with Crippen LogP contribution in [-0.4, -0.2) is 51.1 Å². The van der Waals surface area contributed by atoms with Crippen LogP contribution in [0.25, 0.3) is 0 Å². The summed E-state index contributed by atoms with van der Waals surface area (Å²) in [6, 6.07) is 1.85. The number of ether oxygens (including phenoxy) is 1. The van der Waals surface area contributed by atoms with Gasteiger partial charge in [-0.3, -0.25) is 4.79 Å². The molecule has 0 unspecified atom stereocenters. The molecule has 1 saturated heterocycles. The van der Waals surface area contributed by atoms with E-state index in [1.165, 1.54) is 0 Å². The number of amides is 1. The Morgan fingerprint density at radius 2 is 2.12 bits per heavy atom. The summed E-state index contributed by atoms with van der Waals surface area (Å²) in [6.45, 7) is 5.77. The smallest absolute Gasteiger partial charge is 0.355 e. The predicted octanol–water partition coefficient (Wildman–Crippen LogP) is 1.28. The van der Waals surface area contributed by atoms with Gasteiger partial charge in [0.25, 0.3) is 5.91 Å². The Kier molecular flexibility index (Phi) is 5.36. The topological polar surface area (TPSA) is 103 Å². The lowest BCUT2D eigenvalue weighted by Crippen LogP contribution is -2.30. The van der Waals surface area contributed by atoms with E-state index in [-0.39, 0.29) is 11.9 Å². The van der Waals surface area contributed by atoms with Crippen molar-refractivity contribution in [2.45, 2.75) is 32.7 Å². The number of esters is 1. The molecular weight excluding hydrogens is 336 g/mol. The Labute approximate surface area is 151 Å². The minimum absolute atomic E-state index is 0.262. The Morgan fingerprint density at radius 1 is 1.38 bits per heavy atom. The number of hydrogen-bond donors (Lipinski definition) is 2. The molecule has 3 rings (SSSR count). The van der Waals surface area contributed by atoms with Crippen molar-refractivity contribution in [2.24, 2.45) is 7.05 Å². The van der Waals surface area contributed by atoms with Crippen molar-refractivity contribution < 1.29 is 14.3 Å². The molecule has 0 radical (unpaired) electrons. The van der Waals surface area contributed by atoms with E-state index in [2.05, 4.69) is 20.9 Å². The van der Waals surface area contributed by atoms with E-state index in [9.17, 15) is 9.59 Å². The summed E-state index contributed by atoms with van der Waals surface area (Å²) in [7, 11) is 1.72. The van der Waals surface area contributed by atoms with Gasteiger partial charge in [-0.15, -0.1) is 5.10 Å². The lowest BCUT2D eigenvalue weighted by Gasteiger charge is -2.23. The molecule has 1 amide bonds. The molecule has 1 aliphatic rings. The molecule has 0 bridgehead atoms. The normalized spacial score (nSPS) is 15.0. The molecule has 1 aliphatic heterocycles. The monoisotopic (exact) mass is 360 g/mol. The maximum Gasteiger partial charge on any atom is 0.355 e. The number of aromatic nitrogens is 4. The van der Waals surface area contributed by atoms with Gasteiger partial charge >= 0.3 is 5.97 Å². The Hall–Kier alpha value is -2.68. The highest BCUT2D eigenvalue weighted by atomic mass is 16.5. The van der Waals surface area contributed by atoms with Crippen LogP contribution in [0.4, 0.5) is 5.69 Å². The van der Waals surface area contributed by atoms with Gasteiger partial charge in [-0.05, 0) is 45.8 Å². The van der Waals surface area contributed by atoms with Crippen molar-refractivity contribution >= 4 is 17.6 Å². The third kappa shape index (κ3) is 3.62. The van der Waals surface area contributed by atoms with Gasteiger partial charge in [0.1, 0.15) is 5.69 Å². The van der Waals surface area contributed by atoms with Gasteiger partial charge in [0.15, 0.2) is 5.69 Å². The zero-order chi connectivity index (χ0) is 18.7. The van der Waals surface area contributed by atoms with Crippen LogP contribution < -0.4 is 10.6 Å². The number of hydrogen-bond acceptors (Lipinski definition) is 6. The largest absolute Gasteiger partial charge is 0.461 e. The maximum absolute atomic E-state index is 12.6. The van der Waals surface area contributed by atoms with Crippen molar-refractivity contribution in [3.05, 3.63) is 29.3 Å². The fourth-order valence-electron chi connectivity index (χ4n) is 3.18. The first-order valence-electron chi connectivity index (χ1n) is 8.78. The quantitative estimate of drug-likeness (QED) is 0.779. The number of anilines is 1. The average Bonchev–Trinajstić information content (AvgIpc) is 3.18. The molecule has 1 fully saturated rings. The third-order valence-corrected chi connectivity index (χ3v) is 4.54. The number of nitrogens with zero attached hydrogens (tertiary/aromatic N) is 4. The molecule has 0 saturated carbocycles. The highest BCUT2D eigenvalue weighted by Crippen LogP contribution is 2.21. The van der Waals surface area contributed by atoms with Gasteiger partial charge < -0.3 is 19.9 Å². The Balaban J connectivity index is 1.73. The summed E-state index contributed by atoms with van der Waals surface area (Å²) in [4.78, 5) is 24.5.